The van der Waals surface area contributed by atoms with Crippen LogP contribution in [0.15, 0.2) is 41.7 Å². The number of fused-ring (bicyclic) bond motifs is 1. The lowest BCUT2D eigenvalue weighted by Crippen LogP contribution is -2.59. The number of amides is 2. The molecule has 0 saturated carbocycles. The molecule has 8 nitrogen and oxygen atoms in total. The largest absolute Gasteiger partial charge is 0.481 e. The van der Waals surface area contributed by atoms with Gasteiger partial charge in [-0.15, -0.1) is 0 Å². The predicted octanol–water partition coefficient (Wildman–Crippen LogP) is 2.61. The van der Waals surface area contributed by atoms with E-state index < -0.39 is 0 Å². The maximum atomic E-state index is 13.3. The van der Waals surface area contributed by atoms with Crippen molar-refractivity contribution >= 4 is 22.6 Å². The normalized spacial score (nSPS) is 20.6. The zero-order valence-electron chi connectivity index (χ0n) is 19.7. The van der Waals surface area contributed by atoms with Crippen LogP contribution in [0.2, 0.25) is 0 Å². The number of pyridine rings is 1. The maximum Gasteiger partial charge on any atom is 0.269 e. The summed E-state index contributed by atoms with van der Waals surface area (Å²) in [4.78, 5) is 32.3. The van der Waals surface area contributed by atoms with Crippen LogP contribution in [0.5, 0.6) is 5.88 Å². The van der Waals surface area contributed by atoms with E-state index in [-0.39, 0.29) is 22.9 Å². The molecule has 0 aliphatic carbocycles. The minimum absolute atomic E-state index is 0.00105. The minimum Gasteiger partial charge on any atom is -0.481 e. The minimum atomic E-state index is -0.279. The number of carbonyl (C=O) groups is 2. The fourth-order valence-electron chi connectivity index (χ4n) is 5.10. The molecule has 0 unspecified atom stereocenters. The molecule has 3 aliphatic rings. The third kappa shape index (κ3) is 3.82. The van der Waals surface area contributed by atoms with Gasteiger partial charge in [0.05, 0.1) is 7.11 Å². The summed E-state index contributed by atoms with van der Waals surface area (Å²) in [5.74, 6) is 0.487. The molecular formula is C25H31N5O3. The van der Waals surface area contributed by atoms with Crippen LogP contribution in [0, 0.1) is 0 Å². The molecule has 174 valence electrons. The highest BCUT2D eigenvalue weighted by atomic mass is 16.5. The van der Waals surface area contributed by atoms with Crippen molar-refractivity contribution in [2.24, 2.45) is 0 Å². The first-order valence-electron chi connectivity index (χ1n) is 11.5. The Morgan fingerprint density at radius 3 is 2.64 bits per heavy atom. The molecule has 0 atom stereocenters. The number of methoxy groups -OCH3 is 1. The van der Waals surface area contributed by atoms with Gasteiger partial charge in [-0.05, 0) is 69.2 Å². The molecule has 33 heavy (non-hydrogen) atoms. The zero-order valence-corrected chi connectivity index (χ0v) is 19.7. The van der Waals surface area contributed by atoms with Gasteiger partial charge in [-0.3, -0.25) is 9.59 Å². The average Bonchev–Trinajstić information content (AvgIpc) is 3.23. The molecule has 8 heteroatoms. The van der Waals surface area contributed by atoms with Gasteiger partial charge in [0.2, 0.25) is 5.88 Å². The number of nitrogens with one attached hydrogen (secondary N) is 2. The van der Waals surface area contributed by atoms with Gasteiger partial charge in [-0.25, -0.2) is 9.99 Å². The van der Waals surface area contributed by atoms with Crippen molar-refractivity contribution in [2.75, 3.05) is 26.7 Å². The fourth-order valence-corrected chi connectivity index (χ4v) is 5.10. The Morgan fingerprint density at radius 2 is 1.94 bits per heavy atom. The van der Waals surface area contributed by atoms with Crippen molar-refractivity contribution in [2.45, 2.75) is 51.1 Å². The molecule has 0 bridgehead atoms. The summed E-state index contributed by atoms with van der Waals surface area (Å²) in [5.41, 5.74) is 5.45. The van der Waals surface area contributed by atoms with Crippen LogP contribution >= 0.6 is 0 Å². The Labute approximate surface area is 193 Å². The van der Waals surface area contributed by atoms with Gasteiger partial charge >= 0.3 is 0 Å². The van der Waals surface area contributed by atoms with E-state index in [4.69, 9.17) is 4.74 Å². The molecule has 4 heterocycles. The summed E-state index contributed by atoms with van der Waals surface area (Å²) in [7, 11) is 1.58. The predicted molar refractivity (Wildman–Crippen MR) is 126 cm³/mol. The van der Waals surface area contributed by atoms with Crippen molar-refractivity contribution in [3.05, 3.63) is 47.3 Å². The van der Waals surface area contributed by atoms with Crippen LogP contribution in [0.25, 0.3) is 10.8 Å². The summed E-state index contributed by atoms with van der Waals surface area (Å²) < 4.78 is 5.37. The lowest BCUT2D eigenvalue weighted by atomic mass is 9.78. The smallest absolute Gasteiger partial charge is 0.269 e. The number of nitrogens with zero attached hydrogens (tertiary/aromatic N) is 3. The summed E-state index contributed by atoms with van der Waals surface area (Å²) in [6, 6.07) is 7.56. The number of hydrazine groups is 1. The molecule has 2 aromatic rings. The van der Waals surface area contributed by atoms with Crippen LogP contribution in [0.1, 0.15) is 50.4 Å². The highest BCUT2D eigenvalue weighted by Gasteiger charge is 2.45. The van der Waals surface area contributed by atoms with Crippen LogP contribution in [0.3, 0.4) is 0 Å². The van der Waals surface area contributed by atoms with E-state index >= 15 is 0 Å². The van der Waals surface area contributed by atoms with Gasteiger partial charge in [0, 0.05) is 47.9 Å². The molecule has 5 rings (SSSR count). The summed E-state index contributed by atoms with van der Waals surface area (Å²) in [5, 5.41) is 7.20. The van der Waals surface area contributed by atoms with Crippen molar-refractivity contribution < 1.29 is 14.3 Å². The molecule has 2 N–H and O–H groups in total. The number of likely N-dealkylation sites (tertiary alicyclic amines) is 1. The van der Waals surface area contributed by atoms with Gasteiger partial charge in [-0.2, -0.15) is 0 Å². The van der Waals surface area contributed by atoms with E-state index in [9.17, 15) is 9.59 Å². The Kier molecular flexibility index (Phi) is 5.08. The highest BCUT2D eigenvalue weighted by Crippen LogP contribution is 2.37. The zero-order chi connectivity index (χ0) is 23.4. The molecule has 3 aliphatic heterocycles. The number of piperidine rings is 1. The molecule has 1 spiro atoms. The lowest BCUT2D eigenvalue weighted by Gasteiger charge is -2.44. The number of ether oxygens (including phenoxy) is 1. The third-order valence-electron chi connectivity index (χ3n) is 7.09. The van der Waals surface area contributed by atoms with Gasteiger partial charge in [0.25, 0.3) is 11.8 Å². The summed E-state index contributed by atoms with van der Waals surface area (Å²) in [6.07, 6.45) is 4.02. The average molecular weight is 450 g/mol. The number of aromatic nitrogens is 1. The van der Waals surface area contributed by atoms with Crippen LogP contribution < -0.4 is 15.5 Å². The first-order chi connectivity index (χ1) is 15.7. The standard InChI is InChI=1S/C25H31N5O3/c1-24(2,3)30-15-18-14-25(27-21(31)20(18)28-30)8-11-29(12-9-25)23(32)17-6-5-16-7-10-26-22(33-4)19(16)13-17/h5-7,10,13,28H,8-9,11-12,14-15H2,1-4H3,(H,27,31). The Morgan fingerprint density at radius 1 is 1.18 bits per heavy atom. The number of carbonyl (C=O) groups excluding carboxylic acids is 2. The Balaban J connectivity index is 1.29. The van der Waals surface area contributed by atoms with Crippen LogP contribution in [-0.2, 0) is 4.79 Å². The first-order valence-corrected chi connectivity index (χ1v) is 11.5. The second kappa shape index (κ2) is 7.73. The van der Waals surface area contributed by atoms with Crippen molar-refractivity contribution in [1.29, 1.82) is 0 Å². The SMILES string of the molecule is COc1nccc2ccc(C(=O)N3CCC4(CC3)CC3=C(NN(C(C)(C)C)C3)C(=O)N4)cc12. The topological polar surface area (TPSA) is 86.8 Å². The van der Waals surface area contributed by atoms with E-state index in [1.165, 1.54) is 5.57 Å². The van der Waals surface area contributed by atoms with Crippen molar-refractivity contribution in [1.82, 2.24) is 25.6 Å². The number of hydrogen-bond acceptors (Lipinski definition) is 6. The monoisotopic (exact) mass is 449 g/mol. The van der Waals surface area contributed by atoms with Gasteiger partial charge in [0.1, 0.15) is 5.70 Å². The van der Waals surface area contributed by atoms with Crippen molar-refractivity contribution in [3.8, 4) is 5.88 Å². The van der Waals surface area contributed by atoms with Crippen LogP contribution in [-0.4, -0.2) is 64.5 Å². The quantitative estimate of drug-likeness (QED) is 0.733. The molecule has 1 aromatic heterocycles. The van der Waals surface area contributed by atoms with Gasteiger partial charge in [0.15, 0.2) is 0 Å². The van der Waals surface area contributed by atoms with Crippen LogP contribution in [0.4, 0.5) is 0 Å². The van der Waals surface area contributed by atoms with E-state index in [1.54, 1.807) is 13.3 Å². The second-order valence-corrected chi connectivity index (χ2v) is 10.3. The fraction of sp³-hybridized carbons (Fsp3) is 0.480. The Hall–Kier alpha value is -3.13. The number of rotatable bonds is 2. The van der Waals surface area contributed by atoms with E-state index in [1.807, 2.05) is 29.2 Å². The maximum absolute atomic E-state index is 13.3. The van der Waals surface area contributed by atoms with Crippen molar-refractivity contribution in [3.63, 3.8) is 0 Å². The summed E-state index contributed by atoms with van der Waals surface area (Å²) in [6.45, 7) is 8.38. The third-order valence-corrected chi connectivity index (χ3v) is 7.09. The first kappa shape index (κ1) is 21.7. The number of benzene rings is 1. The number of hydrogen-bond donors (Lipinski definition) is 2. The molecule has 1 fully saturated rings. The van der Waals surface area contributed by atoms with Gasteiger partial charge < -0.3 is 20.4 Å². The molecule has 2 amide bonds. The van der Waals surface area contributed by atoms with E-state index in [0.29, 0.717) is 30.2 Å². The molecule has 1 aromatic carbocycles. The second-order valence-electron chi connectivity index (χ2n) is 10.3. The Bertz CT molecular complexity index is 1160. The molecule has 1 saturated heterocycles. The molecule has 0 radical (unpaired) electrons. The lowest BCUT2D eigenvalue weighted by molar-refractivity contribution is -0.121. The molecular weight excluding hydrogens is 418 g/mol. The summed E-state index contributed by atoms with van der Waals surface area (Å²) >= 11 is 0. The van der Waals surface area contributed by atoms with Gasteiger partial charge in [-0.1, -0.05) is 6.07 Å². The van der Waals surface area contributed by atoms with E-state index in [0.717, 1.165) is 36.6 Å². The highest BCUT2D eigenvalue weighted by molar-refractivity contribution is 6.00. The van der Waals surface area contributed by atoms with E-state index in [2.05, 4.69) is 41.5 Å².